The SMILES string of the molecule is CCc1ccc(C(C)OC(=O)C(C)C(C)(C)C)cc1CC. The van der Waals surface area contributed by atoms with E-state index in [-0.39, 0.29) is 23.4 Å². The topological polar surface area (TPSA) is 26.3 Å². The fourth-order valence-electron chi connectivity index (χ4n) is 2.27. The molecule has 0 radical (unpaired) electrons. The molecule has 0 N–H and O–H groups in total. The molecular weight excluding hydrogens is 260 g/mol. The minimum absolute atomic E-state index is 0.0720. The summed E-state index contributed by atoms with van der Waals surface area (Å²) in [6.07, 6.45) is 1.85. The second kappa shape index (κ2) is 7.11. The monoisotopic (exact) mass is 290 g/mol. The molecule has 2 unspecified atom stereocenters. The van der Waals surface area contributed by atoms with Gasteiger partial charge < -0.3 is 4.74 Å². The third-order valence-electron chi connectivity index (χ3n) is 4.41. The number of benzene rings is 1. The van der Waals surface area contributed by atoms with Crippen LogP contribution < -0.4 is 0 Å². The first kappa shape index (κ1) is 17.7. The van der Waals surface area contributed by atoms with E-state index in [1.165, 1.54) is 11.1 Å². The van der Waals surface area contributed by atoms with Crippen molar-refractivity contribution in [2.24, 2.45) is 11.3 Å². The highest BCUT2D eigenvalue weighted by Crippen LogP contribution is 2.29. The molecule has 0 amide bonds. The molecule has 1 aromatic carbocycles. The van der Waals surface area contributed by atoms with Gasteiger partial charge in [-0.25, -0.2) is 0 Å². The summed E-state index contributed by atoms with van der Waals surface area (Å²) in [5.41, 5.74) is 3.74. The predicted octanol–water partition coefficient (Wildman–Crippen LogP) is 5.10. The Morgan fingerprint density at radius 3 is 2.14 bits per heavy atom. The zero-order valence-corrected chi connectivity index (χ0v) is 14.6. The van der Waals surface area contributed by atoms with Crippen molar-refractivity contribution in [1.82, 2.24) is 0 Å². The molecule has 2 nitrogen and oxygen atoms in total. The molecule has 0 heterocycles. The van der Waals surface area contributed by atoms with Gasteiger partial charge in [0.15, 0.2) is 0 Å². The third kappa shape index (κ3) is 4.59. The molecule has 1 aromatic rings. The third-order valence-corrected chi connectivity index (χ3v) is 4.41. The van der Waals surface area contributed by atoms with E-state index in [1.807, 2.05) is 13.8 Å². The van der Waals surface area contributed by atoms with E-state index in [0.29, 0.717) is 0 Å². The molecule has 0 saturated carbocycles. The van der Waals surface area contributed by atoms with Gasteiger partial charge in [-0.2, -0.15) is 0 Å². The minimum Gasteiger partial charge on any atom is -0.458 e. The van der Waals surface area contributed by atoms with Gasteiger partial charge in [0.2, 0.25) is 0 Å². The molecule has 2 heteroatoms. The van der Waals surface area contributed by atoms with E-state index in [1.54, 1.807) is 0 Å². The molecule has 0 fully saturated rings. The summed E-state index contributed by atoms with van der Waals surface area (Å²) >= 11 is 0. The fraction of sp³-hybridized carbons (Fsp3) is 0.632. The quantitative estimate of drug-likeness (QED) is 0.705. The number of hydrogen-bond donors (Lipinski definition) is 0. The highest BCUT2D eigenvalue weighted by molar-refractivity contribution is 5.73. The maximum Gasteiger partial charge on any atom is 0.309 e. The molecular formula is C19H30O2. The molecule has 0 aliphatic heterocycles. The molecule has 21 heavy (non-hydrogen) atoms. The van der Waals surface area contributed by atoms with Gasteiger partial charge in [-0.1, -0.05) is 59.7 Å². The molecule has 0 aromatic heterocycles. The van der Waals surface area contributed by atoms with Gasteiger partial charge >= 0.3 is 5.97 Å². The lowest BCUT2D eigenvalue weighted by atomic mass is 9.82. The van der Waals surface area contributed by atoms with Crippen LogP contribution in [0.1, 0.15) is 71.3 Å². The second-order valence-electron chi connectivity index (χ2n) is 6.90. The molecule has 118 valence electrons. The number of carbonyl (C=O) groups is 1. The lowest BCUT2D eigenvalue weighted by Crippen LogP contribution is -2.28. The maximum atomic E-state index is 12.2. The number of hydrogen-bond acceptors (Lipinski definition) is 2. The van der Waals surface area contributed by atoms with Crippen LogP contribution in [0.3, 0.4) is 0 Å². The van der Waals surface area contributed by atoms with Crippen molar-refractivity contribution in [2.45, 2.75) is 67.4 Å². The van der Waals surface area contributed by atoms with Crippen LogP contribution in [0.2, 0.25) is 0 Å². The summed E-state index contributed by atoms with van der Waals surface area (Å²) in [4.78, 5) is 12.2. The summed E-state index contributed by atoms with van der Waals surface area (Å²) in [6, 6.07) is 6.42. The van der Waals surface area contributed by atoms with E-state index in [9.17, 15) is 4.79 Å². The number of esters is 1. The van der Waals surface area contributed by atoms with Gasteiger partial charge in [-0.15, -0.1) is 0 Å². The normalized spacial score (nSPS) is 14.6. The van der Waals surface area contributed by atoms with Crippen LogP contribution in [0.5, 0.6) is 0 Å². The van der Waals surface area contributed by atoms with Crippen LogP contribution in [0.15, 0.2) is 18.2 Å². The Kier molecular flexibility index (Phi) is 6.00. The lowest BCUT2D eigenvalue weighted by molar-refractivity contribution is -0.156. The molecule has 1 rings (SSSR count). The van der Waals surface area contributed by atoms with Crippen LogP contribution in [0.25, 0.3) is 0 Å². The van der Waals surface area contributed by atoms with E-state index in [4.69, 9.17) is 4.74 Å². The van der Waals surface area contributed by atoms with Crippen molar-refractivity contribution < 1.29 is 9.53 Å². The van der Waals surface area contributed by atoms with E-state index >= 15 is 0 Å². The minimum atomic E-state index is -0.196. The first-order valence-electron chi connectivity index (χ1n) is 8.02. The largest absolute Gasteiger partial charge is 0.458 e. The first-order valence-corrected chi connectivity index (χ1v) is 8.02. The Labute approximate surface area is 129 Å². The fourth-order valence-corrected chi connectivity index (χ4v) is 2.27. The summed E-state index contributed by atoms with van der Waals surface area (Å²) in [6.45, 7) is 14.4. The van der Waals surface area contributed by atoms with Crippen LogP contribution >= 0.6 is 0 Å². The molecule has 0 spiro atoms. The Morgan fingerprint density at radius 1 is 1.10 bits per heavy atom. The van der Waals surface area contributed by atoms with Gasteiger partial charge in [0, 0.05) is 0 Å². The number of rotatable bonds is 5. The second-order valence-corrected chi connectivity index (χ2v) is 6.90. The number of aryl methyl sites for hydroxylation is 2. The first-order chi connectivity index (χ1) is 9.70. The van der Waals surface area contributed by atoms with Gasteiger partial charge in [0.25, 0.3) is 0 Å². The Bertz CT molecular complexity index is 483. The van der Waals surface area contributed by atoms with Crippen molar-refractivity contribution in [3.63, 3.8) is 0 Å². The van der Waals surface area contributed by atoms with E-state index in [2.05, 4.69) is 52.8 Å². The van der Waals surface area contributed by atoms with Gasteiger partial charge in [0.05, 0.1) is 5.92 Å². The lowest BCUT2D eigenvalue weighted by Gasteiger charge is -2.27. The van der Waals surface area contributed by atoms with E-state index < -0.39 is 0 Å². The average Bonchev–Trinajstić information content (AvgIpc) is 2.44. The number of carbonyl (C=O) groups excluding carboxylic acids is 1. The van der Waals surface area contributed by atoms with Crippen molar-refractivity contribution >= 4 is 5.97 Å². The van der Waals surface area contributed by atoms with Gasteiger partial charge in [0.1, 0.15) is 6.10 Å². The Morgan fingerprint density at radius 2 is 1.67 bits per heavy atom. The molecule has 0 aliphatic rings. The standard InChI is InChI=1S/C19H30O2/c1-8-15-10-11-17(12-16(15)9-2)14(4)21-18(20)13(3)19(5,6)7/h10-14H,8-9H2,1-7H3. The summed E-state index contributed by atoms with van der Waals surface area (Å²) < 4.78 is 5.66. The van der Waals surface area contributed by atoms with Gasteiger partial charge in [-0.05, 0) is 41.9 Å². The van der Waals surface area contributed by atoms with E-state index in [0.717, 1.165) is 18.4 Å². The molecule has 0 bridgehead atoms. The van der Waals surface area contributed by atoms with Crippen molar-refractivity contribution in [3.05, 3.63) is 34.9 Å². The number of ether oxygens (including phenoxy) is 1. The highest BCUT2D eigenvalue weighted by Gasteiger charge is 2.29. The summed E-state index contributed by atoms with van der Waals surface area (Å²) in [5.74, 6) is -0.229. The molecule has 0 saturated heterocycles. The zero-order valence-electron chi connectivity index (χ0n) is 14.6. The average molecular weight is 290 g/mol. The van der Waals surface area contributed by atoms with Crippen molar-refractivity contribution in [1.29, 1.82) is 0 Å². The summed E-state index contributed by atoms with van der Waals surface area (Å²) in [7, 11) is 0. The Hall–Kier alpha value is -1.31. The van der Waals surface area contributed by atoms with Crippen LogP contribution in [-0.4, -0.2) is 5.97 Å². The predicted molar refractivity (Wildman–Crippen MR) is 88.3 cm³/mol. The van der Waals surface area contributed by atoms with Crippen LogP contribution in [0.4, 0.5) is 0 Å². The highest BCUT2D eigenvalue weighted by atomic mass is 16.5. The van der Waals surface area contributed by atoms with Crippen molar-refractivity contribution in [3.8, 4) is 0 Å². The van der Waals surface area contributed by atoms with Crippen molar-refractivity contribution in [2.75, 3.05) is 0 Å². The molecule has 2 atom stereocenters. The van der Waals surface area contributed by atoms with Crippen LogP contribution in [0, 0.1) is 11.3 Å². The Balaban J connectivity index is 2.85. The zero-order chi connectivity index (χ0) is 16.2. The van der Waals surface area contributed by atoms with Crippen LogP contribution in [-0.2, 0) is 22.4 Å². The smallest absolute Gasteiger partial charge is 0.309 e. The summed E-state index contributed by atoms with van der Waals surface area (Å²) in [5, 5.41) is 0. The molecule has 0 aliphatic carbocycles. The maximum absolute atomic E-state index is 12.2. The van der Waals surface area contributed by atoms with Gasteiger partial charge in [-0.3, -0.25) is 4.79 Å².